The van der Waals surface area contributed by atoms with Crippen LogP contribution in [-0.2, 0) is 0 Å². The number of fused-ring (bicyclic) bond motifs is 1. The minimum Gasteiger partial charge on any atom is -0.456 e. The second-order valence-electron chi connectivity index (χ2n) is 5.08. The van der Waals surface area contributed by atoms with E-state index in [9.17, 15) is 0 Å². The van der Waals surface area contributed by atoms with Gasteiger partial charge in [-0.25, -0.2) is 0 Å². The van der Waals surface area contributed by atoms with Gasteiger partial charge in [-0.3, -0.25) is 0 Å². The first-order chi connectivity index (χ1) is 9.90. The van der Waals surface area contributed by atoms with E-state index in [1.54, 1.807) is 0 Å². The SMILES string of the molecule is C1=C(c2ccccc2)CC(c2cc3ccccc3o2)=C1. The number of allylic oxidation sites excluding steroid dienone is 4. The van der Waals surface area contributed by atoms with Crippen molar-refractivity contribution < 1.29 is 4.42 Å². The van der Waals surface area contributed by atoms with E-state index in [4.69, 9.17) is 4.42 Å². The molecule has 4 rings (SSSR count). The summed E-state index contributed by atoms with van der Waals surface area (Å²) in [6, 6.07) is 20.8. The van der Waals surface area contributed by atoms with Gasteiger partial charge in [-0.2, -0.15) is 0 Å². The van der Waals surface area contributed by atoms with Gasteiger partial charge in [0.15, 0.2) is 0 Å². The molecule has 1 aromatic heterocycles. The van der Waals surface area contributed by atoms with E-state index in [0.29, 0.717) is 0 Å². The van der Waals surface area contributed by atoms with E-state index < -0.39 is 0 Å². The number of furan rings is 1. The van der Waals surface area contributed by atoms with Crippen LogP contribution in [0.4, 0.5) is 0 Å². The highest BCUT2D eigenvalue weighted by Crippen LogP contribution is 2.35. The molecule has 96 valence electrons. The van der Waals surface area contributed by atoms with E-state index in [2.05, 4.69) is 48.6 Å². The molecule has 1 nitrogen and oxygen atoms in total. The van der Waals surface area contributed by atoms with Crippen LogP contribution in [-0.4, -0.2) is 0 Å². The van der Waals surface area contributed by atoms with Gasteiger partial charge in [0.2, 0.25) is 0 Å². The Hall–Kier alpha value is -2.54. The van der Waals surface area contributed by atoms with Crippen LogP contribution >= 0.6 is 0 Å². The van der Waals surface area contributed by atoms with E-state index in [-0.39, 0.29) is 0 Å². The van der Waals surface area contributed by atoms with Crippen LogP contribution in [0.5, 0.6) is 0 Å². The summed E-state index contributed by atoms with van der Waals surface area (Å²) < 4.78 is 5.93. The van der Waals surface area contributed by atoms with Gasteiger partial charge in [0.1, 0.15) is 11.3 Å². The average molecular weight is 258 g/mol. The Labute approximate surface area is 117 Å². The van der Waals surface area contributed by atoms with Crippen molar-refractivity contribution in [3.63, 3.8) is 0 Å². The van der Waals surface area contributed by atoms with Crippen LogP contribution in [0.15, 0.2) is 77.2 Å². The lowest BCUT2D eigenvalue weighted by Gasteiger charge is -2.03. The van der Waals surface area contributed by atoms with Gasteiger partial charge < -0.3 is 4.42 Å². The molecule has 0 spiro atoms. The van der Waals surface area contributed by atoms with Crippen molar-refractivity contribution in [3.8, 4) is 0 Å². The number of benzene rings is 2. The molecule has 0 saturated heterocycles. The van der Waals surface area contributed by atoms with Gasteiger partial charge >= 0.3 is 0 Å². The first kappa shape index (κ1) is 11.3. The Morgan fingerprint density at radius 2 is 1.50 bits per heavy atom. The Bertz CT molecular complexity index is 786. The molecule has 1 heteroatoms. The molecule has 20 heavy (non-hydrogen) atoms. The minimum absolute atomic E-state index is 0.934. The van der Waals surface area contributed by atoms with Crippen LogP contribution in [0.2, 0.25) is 0 Å². The average Bonchev–Trinajstić information content (AvgIpc) is 3.14. The first-order valence-corrected chi connectivity index (χ1v) is 6.84. The standard InChI is InChI=1S/C19H14O/c1-2-6-14(7-3-1)15-10-11-17(12-15)19-13-16-8-4-5-9-18(16)20-19/h1-11,13H,12H2. The fourth-order valence-corrected chi connectivity index (χ4v) is 2.68. The van der Waals surface area contributed by atoms with Gasteiger partial charge in [-0.1, -0.05) is 60.7 Å². The summed E-state index contributed by atoms with van der Waals surface area (Å²) in [6.45, 7) is 0. The fraction of sp³-hybridized carbons (Fsp3) is 0.0526. The van der Waals surface area contributed by atoms with Crippen molar-refractivity contribution in [1.29, 1.82) is 0 Å². The molecule has 1 aliphatic rings. The van der Waals surface area contributed by atoms with Gasteiger partial charge in [0.25, 0.3) is 0 Å². The first-order valence-electron chi connectivity index (χ1n) is 6.84. The lowest BCUT2D eigenvalue weighted by atomic mass is 10.0. The summed E-state index contributed by atoms with van der Waals surface area (Å²) in [5.41, 5.74) is 4.84. The highest BCUT2D eigenvalue weighted by molar-refractivity contribution is 5.89. The maximum atomic E-state index is 5.93. The molecule has 1 heterocycles. The second kappa shape index (κ2) is 4.53. The number of para-hydroxylation sites is 1. The number of hydrogen-bond donors (Lipinski definition) is 0. The lowest BCUT2D eigenvalue weighted by molar-refractivity contribution is 0.598. The van der Waals surface area contributed by atoms with Crippen LogP contribution in [0.1, 0.15) is 17.7 Å². The summed E-state index contributed by atoms with van der Waals surface area (Å²) >= 11 is 0. The molecule has 0 saturated carbocycles. The van der Waals surface area contributed by atoms with Crippen molar-refractivity contribution in [2.75, 3.05) is 0 Å². The molecule has 2 aromatic carbocycles. The fourth-order valence-electron chi connectivity index (χ4n) is 2.68. The third kappa shape index (κ3) is 1.88. The zero-order valence-electron chi connectivity index (χ0n) is 11.0. The smallest absolute Gasteiger partial charge is 0.134 e. The third-order valence-electron chi connectivity index (χ3n) is 3.75. The van der Waals surface area contributed by atoms with Crippen LogP contribution in [0.25, 0.3) is 22.1 Å². The third-order valence-corrected chi connectivity index (χ3v) is 3.75. The maximum Gasteiger partial charge on any atom is 0.134 e. The van der Waals surface area contributed by atoms with Crippen molar-refractivity contribution in [1.82, 2.24) is 0 Å². The molecule has 0 atom stereocenters. The monoisotopic (exact) mass is 258 g/mol. The summed E-state index contributed by atoms with van der Waals surface area (Å²) in [5.74, 6) is 0.980. The molecule has 0 bridgehead atoms. The molecule has 0 unspecified atom stereocenters. The molecular weight excluding hydrogens is 244 g/mol. The van der Waals surface area contributed by atoms with Gasteiger partial charge in [-0.05, 0) is 28.8 Å². The molecular formula is C19H14O. The second-order valence-corrected chi connectivity index (χ2v) is 5.08. The Morgan fingerprint density at radius 1 is 0.750 bits per heavy atom. The zero-order chi connectivity index (χ0) is 13.4. The number of rotatable bonds is 2. The summed E-state index contributed by atoms with van der Waals surface area (Å²) in [7, 11) is 0. The molecule has 0 aliphatic heterocycles. The normalized spacial score (nSPS) is 14.4. The molecule has 1 aliphatic carbocycles. The highest BCUT2D eigenvalue weighted by Gasteiger charge is 2.15. The topological polar surface area (TPSA) is 13.1 Å². The van der Waals surface area contributed by atoms with Crippen molar-refractivity contribution in [3.05, 3.63) is 84.1 Å². The number of hydrogen-bond acceptors (Lipinski definition) is 1. The van der Waals surface area contributed by atoms with Crippen LogP contribution in [0, 0.1) is 0 Å². The van der Waals surface area contributed by atoms with Crippen molar-refractivity contribution in [2.24, 2.45) is 0 Å². The van der Waals surface area contributed by atoms with Crippen molar-refractivity contribution >= 4 is 22.1 Å². The Balaban J connectivity index is 1.63. The minimum atomic E-state index is 0.934. The van der Waals surface area contributed by atoms with Crippen LogP contribution in [0.3, 0.4) is 0 Å². The molecule has 0 radical (unpaired) electrons. The summed E-state index contributed by atoms with van der Waals surface area (Å²) in [4.78, 5) is 0. The predicted molar refractivity (Wildman–Crippen MR) is 83.2 cm³/mol. The molecule has 0 N–H and O–H groups in total. The van der Waals surface area contributed by atoms with Crippen LogP contribution < -0.4 is 0 Å². The maximum absolute atomic E-state index is 5.93. The zero-order valence-corrected chi connectivity index (χ0v) is 11.0. The summed E-state index contributed by atoms with van der Waals surface area (Å²) in [6.07, 6.45) is 5.29. The van der Waals surface area contributed by atoms with E-state index >= 15 is 0 Å². The van der Waals surface area contributed by atoms with E-state index in [1.165, 1.54) is 16.7 Å². The van der Waals surface area contributed by atoms with Gasteiger partial charge in [0.05, 0.1) is 0 Å². The Kier molecular flexibility index (Phi) is 2.56. The molecule has 0 amide bonds. The quantitative estimate of drug-likeness (QED) is 0.607. The highest BCUT2D eigenvalue weighted by atomic mass is 16.3. The van der Waals surface area contributed by atoms with Gasteiger partial charge in [-0.15, -0.1) is 0 Å². The van der Waals surface area contributed by atoms with E-state index in [0.717, 1.165) is 23.2 Å². The summed E-state index contributed by atoms with van der Waals surface area (Å²) in [5, 5.41) is 1.16. The van der Waals surface area contributed by atoms with Crippen molar-refractivity contribution in [2.45, 2.75) is 6.42 Å². The largest absolute Gasteiger partial charge is 0.456 e. The molecule has 3 aromatic rings. The van der Waals surface area contributed by atoms with E-state index in [1.807, 2.05) is 24.3 Å². The Morgan fingerprint density at radius 3 is 2.35 bits per heavy atom. The molecule has 0 fully saturated rings. The van der Waals surface area contributed by atoms with Gasteiger partial charge in [0, 0.05) is 11.8 Å². The predicted octanol–water partition coefficient (Wildman–Crippen LogP) is 5.30. The lowest BCUT2D eigenvalue weighted by Crippen LogP contribution is -1.82.